The smallest absolute Gasteiger partial charge is 0.0852 e. The molecule has 1 N–H and O–H groups in total. The van der Waals surface area contributed by atoms with Gasteiger partial charge in [0.25, 0.3) is 0 Å². The molecule has 0 bridgehead atoms. The summed E-state index contributed by atoms with van der Waals surface area (Å²) in [5, 5.41) is 12.9. The topological polar surface area (TPSA) is 35.8 Å². The number of hydrogen-bond donors (Lipinski definition) is 1. The van der Waals surface area contributed by atoms with Crippen LogP contribution in [0.4, 0.5) is 0 Å². The van der Waals surface area contributed by atoms with Crippen LogP contribution in [0, 0.1) is 23.7 Å². The first-order valence-electron chi connectivity index (χ1n) is 6.36. The van der Waals surface area contributed by atoms with E-state index in [1.165, 1.54) is 0 Å². The Morgan fingerprint density at radius 2 is 2.11 bits per heavy atom. The van der Waals surface area contributed by atoms with Crippen molar-refractivity contribution >= 4 is 0 Å². The summed E-state index contributed by atoms with van der Waals surface area (Å²) in [6.45, 7) is 2.09. The Bertz CT molecular complexity index is 472. The van der Waals surface area contributed by atoms with Crippen molar-refractivity contribution in [3.05, 3.63) is 35.9 Å². The fraction of sp³-hybridized carbons (Fsp3) is 0.438. The molecule has 1 aromatic rings. The average molecular weight is 238 g/mol. The van der Waals surface area contributed by atoms with E-state index in [1.807, 2.05) is 30.3 Å². The molecule has 0 aliphatic heterocycles. The molecule has 1 aliphatic rings. The van der Waals surface area contributed by atoms with Gasteiger partial charge >= 0.3 is 0 Å². The number of nitriles is 1. The molecule has 1 aliphatic carbocycles. The van der Waals surface area contributed by atoms with Gasteiger partial charge in [0.2, 0.25) is 0 Å². The van der Waals surface area contributed by atoms with Crippen LogP contribution in [0.2, 0.25) is 0 Å². The van der Waals surface area contributed by atoms with Gasteiger partial charge < -0.3 is 5.32 Å². The molecular formula is C16H18N2. The van der Waals surface area contributed by atoms with Crippen LogP contribution in [0.15, 0.2) is 30.3 Å². The fourth-order valence-electron chi connectivity index (χ4n) is 2.69. The average Bonchev–Trinajstić information content (AvgIpc) is 2.35. The molecule has 0 heterocycles. The van der Waals surface area contributed by atoms with Gasteiger partial charge in [0.15, 0.2) is 0 Å². The van der Waals surface area contributed by atoms with Crippen LogP contribution >= 0.6 is 0 Å². The van der Waals surface area contributed by atoms with Gasteiger partial charge in [-0.2, -0.15) is 5.26 Å². The summed E-state index contributed by atoms with van der Waals surface area (Å²) in [4.78, 5) is 0. The van der Waals surface area contributed by atoms with Crippen molar-refractivity contribution in [2.75, 3.05) is 0 Å². The van der Waals surface area contributed by atoms with Crippen molar-refractivity contribution in [2.45, 2.75) is 43.7 Å². The number of benzene rings is 1. The van der Waals surface area contributed by atoms with Gasteiger partial charge in [-0.3, -0.25) is 0 Å². The molecule has 0 saturated heterocycles. The molecule has 1 atom stereocenters. The highest BCUT2D eigenvalue weighted by molar-refractivity contribution is 5.36. The first-order valence-corrected chi connectivity index (χ1v) is 6.36. The van der Waals surface area contributed by atoms with E-state index >= 15 is 0 Å². The van der Waals surface area contributed by atoms with Gasteiger partial charge in [0.1, 0.15) is 0 Å². The largest absolute Gasteiger partial charge is 0.310 e. The third kappa shape index (κ3) is 2.40. The van der Waals surface area contributed by atoms with Crippen LogP contribution in [0.25, 0.3) is 0 Å². The zero-order valence-corrected chi connectivity index (χ0v) is 10.7. The normalized spacial score (nSPS) is 27.6. The summed E-state index contributed by atoms with van der Waals surface area (Å²) in [6, 6.07) is 13.3. The summed E-state index contributed by atoms with van der Waals surface area (Å²) in [6.07, 6.45) is 7.79. The molecule has 0 radical (unpaired) electrons. The lowest BCUT2D eigenvalue weighted by molar-refractivity contribution is 0.213. The van der Waals surface area contributed by atoms with E-state index in [-0.39, 0.29) is 5.41 Å². The van der Waals surface area contributed by atoms with Crippen LogP contribution in [-0.4, -0.2) is 12.1 Å². The minimum Gasteiger partial charge on any atom is -0.310 e. The van der Waals surface area contributed by atoms with Crippen molar-refractivity contribution in [2.24, 2.45) is 0 Å². The molecule has 1 aromatic carbocycles. The molecule has 92 valence electrons. The van der Waals surface area contributed by atoms with Crippen molar-refractivity contribution < 1.29 is 0 Å². The lowest BCUT2D eigenvalue weighted by atomic mass is 9.62. The molecule has 1 saturated carbocycles. The van der Waals surface area contributed by atoms with E-state index in [0.29, 0.717) is 12.1 Å². The van der Waals surface area contributed by atoms with E-state index in [2.05, 4.69) is 24.2 Å². The van der Waals surface area contributed by atoms with E-state index in [4.69, 9.17) is 6.42 Å². The minimum absolute atomic E-state index is 0.297. The molecule has 2 rings (SSSR count). The Morgan fingerprint density at radius 3 is 2.67 bits per heavy atom. The van der Waals surface area contributed by atoms with Crippen LogP contribution in [0.5, 0.6) is 0 Å². The monoisotopic (exact) mass is 238 g/mol. The first kappa shape index (κ1) is 12.7. The quantitative estimate of drug-likeness (QED) is 0.818. The van der Waals surface area contributed by atoms with Gasteiger partial charge in [-0.1, -0.05) is 30.3 Å². The third-order valence-electron chi connectivity index (χ3n) is 3.67. The molecule has 2 nitrogen and oxygen atoms in total. The number of nitrogens with zero attached hydrogens (tertiary/aromatic N) is 1. The molecular weight excluding hydrogens is 220 g/mol. The standard InChI is InChI=1S/C16H18N2/c1-3-7-13(2)18-15-10-16(11-15,12-17)14-8-5-4-6-9-14/h1,4-6,8-9,13,15,18H,7,10-11H2,2H3. The maximum absolute atomic E-state index is 9.44. The number of terminal acetylenes is 1. The van der Waals surface area contributed by atoms with Crippen molar-refractivity contribution in [1.29, 1.82) is 5.26 Å². The molecule has 0 spiro atoms. The van der Waals surface area contributed by atoms with Gasteiger partial charge in [-0.15, -0.1) is 12.3 Å². The highest BCUT2D eigenvalue weighted by atomic mass is 15.0. The van der Waals surface area contributed by atoms with Gasteiger partial charge in [-0.25, -0.2) is 0 Å². The van der Waals surface area contributed by atoms with Crippen molar-refractivity contribution in [3.63, 3.8) is 0 Å². The Balaban J connectivity index is 1.97. The molecule has 1 fully saturated rings. The summed E-state index contributed by atoms with van der Waals surface area (Å²) < 4.78 is 0. The van der Waals surface area contributed by atoms with Gasteiger partial charge in [0, 0.05) is 18.5 Å². The van der Waals surface area contributed by atoms with Crippen molar-refractivity contribution in [3.8, 4) is 18.4 Å². The SMILES string of the molecule is C#CCC(C)NC1CC(C#N)(c2ccccc2)C1. The van der Waals surface area contributed by atoms with E-state index in [1.54, 1.807) is 0 Å². The summed E-state index contributed by atoms with van der Waals surface area (Å²) in [7, 11) is 0. The Morgan fingerprint density at radius 1 is 1.44 bits per heavy atom. The minimum atomic E-state index is -0.297. The summed E-state index contributed by atoms with van der Waals surface area (Å²) in [5.74, 6) is 2.66. The first-order chi connectivity index (χ1) is 8.70. The van der Waals surface area contributed by atoms with E-state index in [9.17, 15) is 5.26 Å². The lowest BCUT2D eigenvalue weighted by Gasteiger charge is -2.44. The molecule has 1 unspecified atom stereocenters. The number of hydrogen-bond acceptors (Lipinski definition) is 2. The second-order valence-electron chi connectivity index (χ2n) is 5.14. The summed E-state index contributed by atoms with van der Waals surface area (Å²) in [5.41, 5.74) is 0.838. The van der Waals surface area contributed by atoms with Gasteiger partial charge in [0.05, 0.1) is 11.5 Å². The Hall–Kier alpha value is -1.77. The predicted molar refractivity (Wildman–Crippen MR) is 72.8 cm³/mol. The highest BCUT2D eigenvalue weighted by Crippen LogP contribution is 2.43. The summed E-state index contributed by atoms with van der Waals surface area (Å²) >= 11 is 0. The van der Waals surface area contributed by atoms with Crippen LogP contribution < -0.4 is 5.32 Å². The molecule has 18 heavy (non-hydrogen) atoms. The number of nitrogens with one attached hydrogen (secondary N) is 1. The third-order valence-corrected chi connectivity index (χ3v) is 3.67. The van der Waals surface area contributed by atoms with Crippen LogP contribution in [-0.2, 0) is 5.41 Å². The molecule has 0 amide bonds. The molecule has 0 aromatic heterocycles. The lowest BCUT2D eigenvalue weighted by Crippen LogP contribution is -2.53. The number of rotatable bonds is 4. The van der Waals surface area contributed by atoms with Gasteiger partial charge in [-0.05, 0) is 25.3 Å². The maximum Gasteiger partial charge on any atom is 0.0852 e. The zero-order valence-electron chi connectivity index (χ0n) is 10.7. The predicted octanol–water partition coefficient (Wildman–Crippen LogP) is 2.61. The second-order valence-corrected chi connectivity index (χ2v) is 5.14. The Kier molecular flexibility index (Phi) is 3.70. The molecule has 2 heteroatoms. The maximum atomic E-state index is 9.44. The second kappa shape index (κ2) is 5.25. The fourth-order valence-corrected chi connectivity index (χ4v) is 2.69. The van der Waals surface area contributed by atoms with Crippen LogP contribution in [0.1, 0.15) is 31.7 Å². The van der Waals surface area contributed by atoms with E-state index in [0.717, 1.165) is 24.8 Å². The zero-order chi connectivity index (χ0) is 13.0. The Labute approximate surface area is 109 Å². The highest BCUT2D eigenvalue weighted by Gasteiger charge is 2.46. The van der Waals surface area contributed by atoms with E-state index < -0.39 is 0 Å². The van der Waals surface area contributed by atoms with Crippen molar-refractivity contribution in [1.82, 2.24) is 5.32 Å². The van der Waals surface area contributed by atoms with Crippen LogP contribution in [0.3, 0.4) is 0 Å².